The van der Waals surface area contributed by atoms with E-state index < -0.39 is 0 Å². The van der Waals surface area contributed by atoms with Gasteiger partial charge in [-0.1, -0.05) is 88.7 Å². The summed E-state index contributed by atoms with van der Waals surface area (Å²) in [7, 11) is 0. The van der Waals surface area contributed by atoms with E-state index in [2.05, 4.69) is 142 Å². The summed E-state index contributed by atoms with van der Waals surface area (Å²) >= 11 is 5.45. The van der Waals surface area contributed by atoms with Crippen LogP contribution in [0.1, 0.15) is 0 Å². The first-order valence-corrected chi connectivity index (χ1v) is 12.5. The lowest BCUT2D eigenvalue weighted by atomic mass is 10.00. The van der Waals surface area contributed by atoms with Crippen molar-refractivity contribution in [3.63, 3.8) is 0 Å². The lowest BCUT2D eigenvalue weighted by molar-refractivity contribution is 1.30. The molecule has 1 heterocycles. The second-order valence-electron chi connectivity index (χ2n) is 7.98. The van der Waals surface area contributed by atoms with Crippen LogP contribution in [0, 0.1) is 0 Å². The molecule has 1 aromatic heterocycles. The van der Waals surface area contributed by atoms with Gasteiger partial charge in [0.15, 0.2) is 0 Å². The van der Waals surface area contributed by atoms with Gasteiger partial charge in [0.2, 0.25) is 0 Å². The molecule has 5 aromatic carbocycles. The van der Waals surface area contributed by atoms with Gasteiger partial charge in [0.1, 0.15) is 0 Å². The largest absolute Gasteiger partial charge is 0.310 e. The zero-order valence-corrected chi connectivity index (χ0v) is 20.2. The van der Waals surface area contributed by atoms with Crippen molar-refractivity contribution in [3.05, 3.63) is 126 Å². The molecule has 0 radical (unpaired) electrons. The summed E-state index contributed by atoms with van der Waals surface area (Å²) < 4.78 is 2.41. The predicted octanol–water partition coefficient (Wildman–Crippen LogP) is 9.95. The van der Waals surface area contributed by atoms with Crippen molar-refractivity contribution in [1.82, 2.24) is 0 Å². The fourth-order valence-electron chi connectivity index (χ4n) is 4.41. The summed E-state index contributed by atoms with van der Waals surface area (Å²) in [5.74, 6) is 0. The Morgan fingerprint density at radius 3 is 1.91 bits per heavy atom. The van der Waals surface area contributed by atoms with E-state index in [4.69, 9.17) is 0 Å². The Morgan fingerprint density at radius 2 is 1.21 bits per heavy atom. The molecule has 6 rings (SSSR count). The van der Waals surface area contributed by atoms with Gasteiger partial charge < -0.3 is 4.90 Å². The molecule has 6 aromatic rings. The number of halogens is 1. The SMILES string of the molecule is Brc1ccc2cc(-c3ccc(N(c4ccccc4)c4ccccc4)c4ccccc34)sc2c1. The van der Waals surface area contributed by atoms with Crippen LogP contribution in [0.4, 0.5) is 17.1 Å². The third kappa shape index (κ3) is 3.74. The quantitative estimate of drug-likeness (QED) is 0.230. The van der Waals surface area contributed by atoms with E-state index in [1.165, 1.54) is 37.0 Å². The second kappa shape index (κ2) is 8.51. The first kappa shape index (κ1) is 20.2. The Hall–Kier alpha value is -3.40. The molecule has 0 N–H and O–H groups in total. The van der Waals surface area contributed by atoms with Crippen molar-refractivity contribution >= 4 is 65.2 Å². The number of nitrogens with zero attached hydrogens (tertiary/aromatic N) is 1. The van der Waals surface area contributed by atoms with Crippen molar-refractivity contribution in [2.75, 3.05) is 4.90 Å². The van der Waals surface area contributed by atoms with E-state index >= 15 is 0 Å². The number of thiophene rings is 1. The van der Waals surface area contributed by atoms with Crippen LogP contribution in [0.15, 0.2) is 126 Å². The van der Waals surface area contributed by atoms with Crippen molar-refractivity contribution in [3.8, 4) is 10.4 Å². The molecular formula is C30H20BrNS. The molecule has 0 unspecified atom stereocenters. The van der Waals surface area contributed by atoms with Gasteiger partial charge in [-0.25, -0.2) is 0 Å². The normalized spacial score (nSPS) is 11.2. The summed E-state index contributed by atoms with van der Waals surface area (Å²) in [6, 6.07) is 43.2. The maximum absolute atomic E-state index is 3.61. The molecule has 1 nitrogen and oxygen atoms in total. The topological polar surface area (TPSA) is 3.24 Å². The Balaban J connectivity index is 1.58. The van der Waals surface area contributed by atoms with Gasteiger partial charge in [-0.15, -0.1) is 11.3 Å². The fourth-order valence-corrected chi connectivity index (χ4v) is 6.07. The van der Waals surface area contributed by atoms with Crippen LogP contribution < -0.4 is 4.90 Å². The monoisotopic (exact) mass is 505 g/mol. The minimum Gasteiger partial charge on any atom is -0.310 e. The van der Waals surface area contributed by atoms with Crippen LogP contribution in [0.5, 0.6) is 0 Å². The minimum absolute atomic E-state index is 1.12. The van der Waals surface area contributed by atoms with Crippen molar-refractivity contribution < 1.29 is 0 Å². The van der Waals surface area contributed by atoms with E-state index in [1.807, 2.05) is 11.3 Å². The van der Waals surface area contributed by atoms with Crippen LogP contribution in [-0.4, -0.2) is 0 Å². The third-order valence-corrected chi connectivity index (χ3v) is 7.54. The number of para-hydroxylation sites is 2. The van der Waals surface area contributed by atoms with Crippen LogP contribution in [0.3, 0.4) is 0 Å². The Bertz CT molecular complexity index is 1530. The van der Waals surface area contributed by atoms with Crippen LogP contribution >= 0.6 is 27.3 Å². The molecule has 0 aliphatic rings. The fraction of sp³-hybridized carbons (Fsp3) is 0. The Morgan fingerprint density at radius 1 is 0.576 bits per heavy atom. The molecule has 0 fully saturated rings. The summed E-state index contributed by atoms with van der Waals surface area (Å²) in [6.45, 7) is 0. The third-order valence-electron chi connectivity index (χ3n) is 5.92. The molecule has 0 saturated carbocycles. The zero-order chi connectivity index (χ0) is 22.2. The number of benzene rings is 5. The molecule has 33 heavy (non-hydrogen) atoms. The van der Waals surface area contributed by atoms with Gasteiger partial charge in [-0.2, -0.15) is 0 Å². The van der Waals surface area contributed by atoms with Crippen molar-refractivity contribution in [1.29, 1.82) is 0 Å². The molecule has 0 spiro atoms. The number of fused-ring (bicyclic) bond motifs is 2. The van der Waals surface area contributed by atoms with E-state index in [1.54, 1.807) is 0 Å². The van der Waals surface area contributed by atoms with Gasteiger partial charge in [-0.3, -0.25) is 0 Å². The smallest absolute Gasteiger partial charge is 0.0540 e. The molecule has 0 atom stereocenters. The molecule has 0 bridgehead atoms. The molecule has 0 aliphatic heterocycles. The molecular weight excluding hydrogens is 486 g/mol. The highest BCUT2D eigenvalue weighted by Crippen LogP contribution is 2.44. The molecule has 3 heteroatoms. The van der Waals surface area contributed by atoms with Crippen LogP contribution in [0.2, 0.25) is 0 Å². The van der Waals surface area contributed by atoms with E-state index in [0.29, 0.717) is 0 Å². The maximum atomic E-state index is 3.61. The van der Waals surface area contributed by atoms with Crippen LogP contribution in [-0.2, 0) is 0 Å². The highest BCUT2D eigenvalue weighted by molar-refractivity contribution is 9.10. The maximum Gasteiger partial charge on any atom is 0.0540 e. The summed E-state index contributed by atoms with van der Waals surface area (Å²) in [6.07, 6.45) is 0. The lowest BCUT2D eigenvalue weighted by Crippen LogP contribution is -2.10. The van der Waals surface area contributed by atoms with Crippen LogP contribution in [0.25, 0.3) is 31.3 Å². The minimum atomic E-state index is 1.12. The Kier molecular flexibility index (Phi) is 5.21. The van der Waals surface area contributed by atoms with Gasteiger partial charge in [0.05, 0.1) is 5.69 Å². The summed E-state index contributed by atoms with van der Waals surface area (Å²) in [4.78, 5) is 3.63. The molecule has 0 amide bonds. The number of hydrogen-bond acceptors (Lipinski definition) is 2. The highest BCUT2D eigenvalue weighted by atomic mass is 79.9. The molecule has 0 saturated heterocycles. The van der Waals surface area contributed by atoms with Gasteiger partial charge >= 0.3 is 0 Å². The van der Waals surface area contributed by atoms with E-state index in [-0.39, 0.29) is 0 Å². The number of anilines is 3. The first-order chi connectivity index (χ1) is 16.3. The lowest BCUT2D eigenvalue weighted by Gasteiger charge is -2.27. The van der Waals surface area contributed by atoms with E-state index in [0.717, 1.165) is 15.8 Å². The zero-order valence-electron chi connectivity index (χ0n) is 17.8. The average molecular weight is 506 g/mol. The van der Waals surface area contributed by atoms with E-state index in [9.17, 15) is 0 Å². The molecule has 0 aliphatic carbocycles. The standard InChI is InChI=1S/C30H20BrNS/c31-22-16-15-21-19-30(33-29(21)20-22)27-17-18-28(26-14-8-7-13-25(26)27)32(23-9-3-1-4-10-23)24-11-5-2-6-12-24/h1-20H. The number of hydrogen-bond donors (Lipinski definition) is 0. The second-order valence-corrected chi connectivity index (χ2v) is 9.98. The van der Waals surface area contributed by atoms with Crippen molar-refractivity contribution in [2.24, 2.45) is 0 Å². The van der Waals surface area contributed by atoms with Crippen molar-refractivity contribution in [2.45, 2.75) is 0 Å². The summed E-state index contributed by atoms with van der Waals surface area (Å²) in [5.41, 5.74) is 4.74. The summed E-state index contributed by atoms with van der Waals surface area (Å²) in [5, 5.41) is 3.78. The van der Waals surface area contributed by atoms with Gasteiger partial charge in [0.25, 0.3) is 0 Å². The average Bonchev–Trinajstić information content (AvgIpc) is 3.28. The molecule has 158 valence electrons. The van der Waals surface area contributed by atoms with Gasteiger partial charge in [-0.05, 0) is 64.9 Å². The highest BCUT2D eigenvalue weighted by Gasteiger charge is 2.17. The van der Waals surface area contributed by atoms with Gasteiger partial charge in [0, 0.05) is 30.8 Å². The number of rotatable bonds is 4. The predicted molar refractivity (Wildman–Crippen MR) is 147 cm³/mol. The Labute approximate surface area is 205 Å². The first-order valence-electron chi connectivity index (χ1n) is 10.9.